The number of para-hydroxylation sites is 1. The summed E-state index contributed by atoms with van der Waals surface area (Å²) >= 11 is 0. The number of halogens is 1. The van der Waals surface area contributed by atoms with Gasteiger partial charge in [0.05, 0.1) is 25.0 Å². The molecule has 2 atom stereocenters. The average molecular weight is 582 g/mol. The first-order valence-electron chi connectivity index (χ1n) is 12.5. The number of benzene rings is 2. The van der Waals surface area contributed by atoms with Crippen molar-refractivity contribution in [3.05, 3.63) is 71.8 Å². The maximum atomic E-state index is 14.2. The Morgan fingerprint density at radius 1 is 1.02 bits per heavy atom. The van der Waals surface area contributed by atoms with E-state index in [1.807, 2.05) is 6.92 Å². The van der Waals surface area contributed by atoms with E-state index in [0.717, 1.165) is 5.56 Å². The van der Waals surface area contributed by atoms with Gasteiger partial charge >= 0.3 is 0 Å². The summed E-state index contributed by atoms with van der Waals surface area (Å²) in [6, 6.07) is 9.29. The van der Waals surface area contributed by atoms with Crippen LogP contribution in [0.25, 0.3) is 28.1 Å². The third-order valence-corrected chi connectivity index (χ3v) is 8.77. The Balaban J connectivity index is 1.67. The van der Waals surface area contributed by atoms with E-state index >= 15 is 0 Å². The van der Waals surface area contributed by atoms with Crippen molar-refractivity contribution in [3.63, 3.8) is 0 Å². The Morgan fingerprint density at radius 3 is 2.34 bits per heavy atom. The average Bonchev–Trinajstić information content (AvgIpc) is 3.56. The second kappa shape index (κ2) is 11.2. The van der Waals surface area contributed by atoms with E-state index in [-0.39, 0.29) is 23.2 Å². The smallest absolute Gasteiger partial charge is 0.190 e. The lowest BCUT2D eigenvalue weighted by Crippen LogP contribution is -2.30. The zero-order valence-electron chi connectivity index (χ0n) is 23.0. The minimum atomic E-state index is -3.96. The number of ether oxygens (including phenoxy) is 3. The van der Waals surface area contributed by atoms with Crippen molar-refractivity contribution in [1.29, 1.82) is 0 Å². The summed E-state index contributed by atoms with van der Waals surface area (Å²) in [5.74, 6) is 0.186. The number of aryl methyl sites for hydroxylation is 1. The van der Waals surface area contributed by atoms with Crippen molar-refractivity contribution in [2.24, 2.45) is 0 Å². The van der Waals surface area contributed by atoms with Gasteiger partial charge in [-0.15, -0.1) is 10.2 Å². The molecule has 0 spiro atoms. The van der Waals surface area contributed by atoms with Crippen molar-refractivity contribution in [3.8, 4) is 28.7 Å². The SMILES string of the molecule is COc1cccc(OC)c1-n1c(CS(=O)(=O)[C@@H](C)[C@H](OC)c2ncc(C)cn2)nnc1-c1n[nH]c2ccc(F)cc12. The highest BCUT2D eigenvalue weighted by atomic mass is 32.2. The van der Waals surface area contributed by atoms with Crippen molar-refractivity contribution in [2.75, 3.05) is 21.3 Å². The molecule has 14 heteroatoms. The maximum absolute atomic E-state index is 14.2. The van der Waals surface area contributed by atoms with Gasteiger partial charge in [0.1, 0.15) is 40.6 Å². The number of nitrogens with one attached hydrogen (secondary N) is 1. The topological polar surface area (TPSA) is 147 Å². The van der Waals surface area contributed by atoms with Crippen molar-refractivity contribution in [1.82, 2.24) is 34.9 Å². The molecular formula is C27H28FN7O5S. The molecule has 0 radical (unpaired) electrons. The van der Waals surface area contributed by atoms with Crippen LogP contribution in [0.15, 0.2) is 48.8 Å². The van der Waals surface area contributed by atoms with Crippen LogP contribution in [0.5, 0.6) is 11.5 Å². The van der Waals surface area contributed by atoms with E-state index in [2.05, 4.69) is 30.4 Å². The minimum Gasteiger partial charge on any atom is -0.494 e. The Hall–Kier alpha value is -4.43. The molecule has 5 aromatic rings. The summed E-state index contributed by atoms with van der Waals surface area (Å²) < 4.78 is 60.2. The monoisotopic (exact) mass is 581 g/mol. The number of H-pyrrole nitrogens is 1. The molecule has 0 amide bonds. The highest BCUT2D eigenvalue weighted by Gasteiger charge is 2.35. The molecule has 0 fully saturated rings. The minimum absolute atomic E-state index is 0.0573. The Morgan fingerprint density at radius 2 is 1.71 bits per heavy atom. The number of hydrogen-bond donors (Lipinski definition) is 1. The Bertz CT molecular complexity index is 1780. The van der Waals surface area contributed by atoms with Gasteiger partial charge in [-0.25, -0.2) is 22.8 Å². The first-order valence-corrected chi connectivity index (χ1v) is 14.2. The summed E-state index contributed by atoms with van der Waals surface area (Å²) in [6.07, 6.45) is 2.26. The van der Waals surface area contributed by atoms with E-state index in [9.17, 15) is 12.8 Å². The molecule has 214 valence electrons. The summed E-state index contributed by atoms with van der Waals surface area (Å²) in [5, 5.41) is 15.2. The fraction of sp³-hybridized carbons (Fsp3) is 0.296. The third kappa shape index (κ3) is 5.23. The van der Waals surface area contributed by atoms with Crippen LogP contribution >= 0.6 is 0 Å². The summed E-state index contributed by atoms with van der Waals surface area (Å²) in [5.41, 5.74) is 2.01. The highest BCUT2D eigenvalue weighted by molar-refractivity contribution is 7.91. The maximum Gasteiger partial charge on any atom is 0.190 e. The van der Waals surface area contributed by atoms with E-state index in [4.69, 9.17) is 14.2 Å². The molecular weight excluding hydrogens is 553 g/mol. The molecule has 1 N–H and O–H groups in total. The number of aromatic amines is 1. The largest absolute Gasteiger partial charge is 0.494 e. The number of rotatable bonds is 10. The predicted octanol–water partition coefficient (Wildman–Crippen LogP) is 3.76. The van der Waals surface area contributed by atoms with Gasteiger partial charge in [0, 0.05) is 24.9 Å². The van der Waals surface area contributed by atoms with Crippen LogP contribution in [0.1, 0.15) is 30.2 Å². The number of methoxy groups -OCH3 is 3. The Kier molecular flexibility index (Phi) is 7.69. The Labute approximate surface area is 235 Å². The molecule has 0 bridgehead atoms. The lowest BCUT2D eigenvalue weighted by Gasteiger charge is -2.22. The molecule has 0 aliphatic heterocycles. The zero-order valence-corrected chi connectivity index (χ0v) is 23.8. The van der Waals surface area contributed by atoms with Crippen LogP contribution in [-0.2, 0) is 20.3 Å². The van der Waals surface area contributed by atoms with Crippen LogP contribution in [0.3, 0.4) is 0 Å². The van der Waals surface area contributed by atoms with Crippen LogP contribution in [-0.4, -0.2) is 69.9 Å². The second-order valence-corrected chi connectivity index (χ2v) is 11.7. The van der Waals surface area contributed by atoms with Crippen molar-refractivity contribution < 1.29 is 27.0 Å². The van der Waals surface area contributed by atoms with Gasteiger partial charge in [0.25, 0.3) is 0 Å². The van der Waals surface area contributed by atoms with Crippen molar-refractivity contribution in [2.45, 2.75) is 31.0 Å². The van der Waals surface area contributed by atoms with Gasteiger partial charge in [-0.05, 0) is 49.7 Å². The first-order chi connectivity index (χ1) is 19.7. The summed E-state index contributed by atoms with van der Waals surface area (Å²) in [7, 11) is 0.403. The quantitative estimate of drug-likeness (QED) is 0.259. The molecule has 0 aliphatic carbocycles. The molecule has 0 saturated carbocycles. The predicted molar refractivity (Wildman–Crippen MR) is 148 cm³/mol. The van der Waals surface area contributed by atoms with E-state index in [1.54, 1.807) is 36.7 Å². The molecule has 12 nitrogen and oxygen atoms in total. The van der Waals surface area contributed by atoms with Crippen LogP contribution in [0.2, 0.25) is 0 Å². The summed E-state index contributed by atoms with van der Waals surface area (Å²) in [6.45, 7) is 3.36. The lowest BCUT2D eigenvalue weighted by molar-refractivity contribution is 0.0947. The molecule has 5 rings (SSSR count). The first kappa shape index (κ1) is 28.1. The fourth-order valence-corrected chi connectivity index (χ4v) is 5.98. The van der Waals surface area contributed by atoms with Gasteiger partial charge in [-0.1, -0.05) is 6.07 Å². The van der Waals surface area contributed by atoms with Gasteiger partial charge in [-0.3, -0.25) is 9.67 Å². The summed E-state index contributed by atoms with van der Waals surface area (Å²) in [4.78, 5) is 8.53. The van der Waals surface area contributed by atoms with Gasteiger partial charge in [0.2, 0.25) is 0 Å². The molecule has 3 heterocycles. The number of nitrogens with zero attached hydrogens (tertiary/aromatic N) is 6. The number of aromatic nitrogens is 7. The van der Waals surface area contributed by atoms with Crippen LogP contribution in [0.4, 0.5) is 4.39 Å². The molecule has 0 saturated heterocycles. The van der Waals surface area contributed by atoms with E-state index in [1.165, 1.54) is 45.0 Å². The third-order valence-electron chi connectivity index (χ3n) is 6.72. The fourth-order valence-electron chi connectivity index (χ4n) is 4.56. The molecule has 0 unspecified atom stereocenters. The lowest BCUT2D eigenvalue weighted by atomic mass is 10.2. The normalized spacial score (nSPS) is 13.3. The molecule has 0 aliphatic rings. The van der Waals surface area contributed by atoms with Gasteiger partial charge in [-0.2, -0.15) is 5.10 Å². The zero-order chi connectivity index (χ0) is 29.3. The van der Waals surface area contributed by atoms with E-state index < -0.39 is 32.8 Å². The standard InChI is InChI=1S/C27H28FN7O5S/c1-15-12-29-26(30-13-15)25(40-5)16(2)41(36,37)14-22-32-34-27(23-18-11-17(28)9-10-19(18)31-33-23)35(22)24-20(38-3)7-6-8-21(24)39-4/h6-13,16,25H,14H2,1-5H3,(H,31,33)/t16-,25-/m0/s1. The van der Waals surface area contributed by atoms with Crippen molar-refractivity contribution >= 4 is 20.7 Å². The molecule has 2 aromatic carbocycles. The number of hydrogen-bond acceptors (Lipinski definition) is 10. The van der Waals surface area contributed by atoms with Gasteiger partial charge < -0.3 is 14.2 Å². The van der Waals surface area contributed by atoms with E-state index in [0.29, 0.717) is 28.1 Å². The molecule has 41 heavy (non-hydrogen) atoms. The number of fused-ring (bicyclic) bond motifs is 1. The molecule has 3 aromatic heterocycles. The van der Waals surface area contributed by atoms with Crippen LogP contribution in [0, 0.1) is 12.7 Å². The highest BCUT2D eigenvalue weighted by Crippen LogP contribution is 2.38. The van der Waals surface area contributed by atoms with Gasteiger partial charge in [0.15, 0.2) is 27.3 Å². The second-order valence-electron chi connectivity index (χ2n) is 9.34. The number of sulfone groups is 1. The van der Waals surface area contributed by atoms with Crippen LogP contribution < -0.4 is 9.47 Å².